The molecule has 19 heavy (non-hydrogen) atoms. The zero-order chi connectivity index (χ0) is 13.2. The summed E-state index contributed by atoms with van der Waals surface area (Å²) in [6.45, 7) is 2.07. The van der Waals surface area contributed by atoms with E-state index < -0.39 is 0 Å². The van der Waals surface area contributed by atoms with Gasteiger partial charge in [-0.05, 0) is 19.1 Å². The fourth-order valence-electron chi connectivity index (χ4n) is 1.77. The highest BCUT2D eigenvalue weighted by atomic mass is 35.5. The number of hydrogen-bond donors (Lipinski definition) is 0. The van der Waals surface area contributed by atoms with Crippen LogP contribution in [0.1, 0.15) is 5.56 Å². The van der Waals surface area contributed by atoms with Crippen LogP contribution in [0.25, 0.3) is 21.1 Å². The summed E-state index contributed by atoms with van der Waals surface area (Å²) in [7, 11) is 0. The number of nitrogens with zero attached hydrogens (tertiary/aromatic N) is 2. The van der Waals surface area contributed by atoms with E-state index >= 15 is 0 Å². The third kappa shape index (κ3) is 2.67. The fraction of sp³-hybridized carbons (Fsp3) is 0.0667. The smallest absolute Gasteiger partial charge is 0.138 e. The molecule has 94 valence electrons. The second kappa shape index (κ2) is 5.11. The van der Waals surface area contributed by atoms with Crippen molar-refractivity contribution in [2.75, 3.05) is 0 Å². The topological polar surface area (TPSA) is 25.8 Å². The van der Waals surface area contributed by atoms with Crippen LogP contribution in [-0.2, 0) is 0 Å². The molecule has 2 nitrogen and oxygen atoms in total. The Morgan fingerprint density at radius 2 is 1.58 bits per heavy atom. The molecule has 0 aliphatic rings. The van der Waals surface area contributed by atoms with Crippen LogP contribution in [-0.4, -0.2) is 10.2 Å². The van der Waals surface area contributed by atoms with Crippen LogP contribution in [0.3, 0.4) is 0 Å². The van der Waals surface area contributed by atoms with Crippen molar-refractivity contribution in [2.45, 2.75) is 6.92 Å². The van der Waals surface area contributed by atoms with Crippen LogP contribution in [0.5, 0.6) is 0 Å². The summed E-state index contributed by atoms with van der Waals surface area (Å²) >= 11 is 7.57. The first-order chi connectivity index (χ1) is 9.22. The number of aromatic nitrogens is 2. The molecule has 0 bridgehead atoms. The van der Waals surface area contributed by atoms with Crippen molar-refractivity contribution in [1.29, 1.82) is 0 Å². The molecule has 0 saturated heterocycles. The molecule has 0 spiro atoms. The molecule has 0 aliphatic carbocycles. The second-order valence-electron chi connectivity index (χ2n) is 4.29. The lowest BCUT2D eigenvalue weighted by Crippen LogP contribution is -1.78. The molecule has 1 heterocycles. The Morgan fingerprint density at radius 3 is 2.26 bits per heavy atom. The van der Waals surface area contributed by atoms with Gasteiger partial charge in [0.2, 0.25) is 0 Å². The lowest BCUT2D eigenvalue weighted by Gasteiger charge is -1.96. The van der Waals surface area contributed by atoms with Crippen molar-refractivity contribution in [3.63, 3.8) is 0 Å². The highest BCUT2D eigenvalue weighted by molar-refractivity contribution is 7.17. The maximum absolute atomic E-state index is 5.99. The number of rotatable bonds is 2. The van der Waals surface area contributed by atoms with Crippen molar-refractivity contribution >= 4 is 22.9 Å². The van der Waals surface area contributed by atoms with Crippen LogP contribution < -0.4 is 0 Å². The summed E-state index contributed by atoms with van der Waals surface area (Å²) < 4.78 is 0. The molecule has 0 unspecified atom stereocenters. The summed E-state index contributed by atoms with van der Waals surface area (Å²) in [5, 5.41) is 11.0. The Kier molecular flexibility index (Phi) is 3.32. The van der Waals surface area contributed by atoms with E-state index in [9.17, 15) is 0 Å². The van der Waals surface area contributed by atoms with Crippen molar-refractivity contribution < 1.29 is 0 Å². The second-order valence-corrected chi connectivity index (χ2v) is 5.70. The average Bonchev–Trinajstić information content (AvgIpc) is 2.89. The predicted octanol–water partition coefficient (Wildman–Crippen LogP) is 4.83. The summed E-state index contributed by atoms with van der Waals surface area (Å²) in [4.78, 5) is 0. The Balaban J connectivity index is 1.97. The summed E-state index contributed by atoms with van der Waals surface area (Å²) in [5.41, 5.74) is 3.34. The Hall–Kier alpha value is -1.71. The van der Waals surface area contributed by atoms with Gasteiger partial charge in [0, 0.05) is 16.1 Å². The predicted molar refractivity (Wildman–Crippen MR) is 80.5 cm³/mol. The van der Waals surface area contributed by atoms with Gasteiger partial charge in [0.25, 0.3) is 0 Å². The molecule has 3 rings (SSSR count). The molecular formula is C15H11ClN2S. The van der Waals surface area contributed by atoms with Crippen LogP contribution in [0, 0.1) is 6.92 Å². The van der Waals surface area contributed by atoms with Gasteiger partial charge in [-0.1, -0.05) is 64.9 Å². The third-order valence-electron chi connectivity index (χ3n) is 2.80. The standard InChI is InChI=1S/C15H11ClN2S/c1-10-5-7-11(8-6-10)14-17-18-15(19-14)12-3-2-4-13(16)9-12/h2-9H,1H3. The quantitative estimate of drug-likeness (QED) is 0.674. The van der Waals surface area contributed by atoms with Crippen LogP contribution >= 0.6 is 22.9 Å². The number of aryl methyl sites for hydroxylation is 1. The van der Waals surface area contributed by atoms with E-state index in [4.69, 9.17) is 11.6 Å². The van der Waals surface area contributed by atoms with E-state index in [0.717, 1.165) is 21.1 Å². The minimum atomic E-state index is 0.713. The molecular weight excluding hydrogens is 276 g/mol. The molecule has 0 N–H and O–H groups in total. The van der Waals surface area contributed by atoms with E-state index in [2.05, 4.69) is 41.4 Å². The number of halogens is 1. The first-order valence-electron chi connectivity index (χ1n) is 5.89. The molecule has 0 fully saturated rings. The van der Waals surface area contributed by atoms with Gasteiger partial charge >= 0.3 is 0 Å². The Morgan fingerprint density at radius 1 is 0.895 bits per heavy atom. The zero-order valence-corrected chi connectivity index (χ0v) is 11.9. The van der Waals surface area contributed by atoms with Gasteiger partial charge in [0.1, 0.15) is 10.0 Å². The van der Waals surface area contributed by atoms with Crippen LogP contribution in [0.4, 0.5) is 0 Å². The van der Waals surface area contributed by atoms with Crippen molar-refractivity contribution in [3.8, 4) is 21.1 Å². The molecule has 1 aromatic heterocycles. The van der Waals surface area contributed by atoms with Gasteiger partial charge in [0.05, 0.1) is 0 Å². The minimum absolute atomic E-state index is 0.713. The summed E-state index contributed by atoms with van der Waals surface area (Å²) in [5.74, 6) is 0. The number of hydrogen-bond acceptors (Lipinski definition) is 3. The van der Waals surface area contributed by atoms with Crippen molar-refractivity contribution in [2.24, 2.45) is 0 Å². The molecule has 0 saturated carbocycles. The van der Waals surface area contributed by atoms with Crippen molar-refractivity contribution in [3.05, 3.63) is 59.1 Å². The monoisotopic (exact) mass is 286 g/mol. The normalized spacial score (nSPS) is 10.6. The van der Waals surface area contributed by atoms with Crippen LogP contribution in [0.15, 0.2) is 48.5 Å². The van der Waals surface area contributed by atoms with Crippen LogP contribution in [0.2, 0.25) is 5.02 Å². The van der Waals surface area contributed by atoms with Gasteiger partial charge in [-0.15, -0.1) is 10.2 Å². The summed E-state index contributed by atoms with van der Waals surface area (Å²) in [6, 6.07) is 16.0. The largest absolute Gasteiger partial charge is 0.148 e. The average molecular weight is 287 g/mol. The lowest BCUT2D eigenvalue weighted by molar-refractivity contribution is 1.10. The maximum atomic E-state index is 5.99. The third-order valence-corrected chi connectivity index (χ3v) is 4.05. The van der Waals surface area contributed by atoms with Gasteiger partial charge in [-0.3, -0.25) is 0 Å². The first-order valence-corrected chi connectivity index (χ1v) is 7.08. The summed E-state index contributed by atoms with van der Waals surface area (Å²) in [6.07, 6.45) is 0. The van der Waals surface area contributed by atoms with E-state index in [0.29, 0.717) is 5.02 Å². The van der Waals surface area contributed by atoms with Gasteiger partial charge in [0.15, 0.2) is 0 Å². The van der Waals surface area contributed by atoms with E-state index in [1.54, 1.807) is 11.3 Å². The fourth-order valence-corrected chi connectivity index (χ4v) is 2.81. The van der Waals surface area contributed by atoms with E-state index in [1.165, 1.54) is 5.56 Å². The highest BCUT2D eigenvalue weighted by Crippen LogP contribution is 2.30. The molecule has 0 radical (unpaired) electrons. The van der Waals surface area contributed by atoms with Gasteiger partial charge in [-0.25, -0.2) is 0 Å². The SMILES string of the molecule is Cc1ccc(-c2nnc(-c3cccc(Cl)c3)s2)cc1. The molecule has 0 aliphatic heterocycles. The van der Waals surface area contributed by atoms with Gasteiger partial charge in [-0.2, -0.15) is 0 Å². The molecule has 0 amide bonds. The first kappa shape index (κ1) is 12.3. The Labute approximate surface area is 120 Å². The molecule has 0 atom stereocenters. The molecule has 3 aromatic rings. The van der Waals surface area contributed by atoms with Crippen molar-refractivity contribution in [1.82, 2.24) is 10.2 Å². The molecule has 2 aromatic carbocycles. The minimum Gasteiger partial charge on any atom is -0.138 e. The lowest BCUT2D eigenvalue weighted by atomic mass is 10.2. The maximum Gasteiger partial charge on any atom is 0.148 e. The zero-order valence-electron chi connectivity index (χ0n) is 10.3. The van der Waals surface area contributed by atoms with E-state index in [-0.39, 0.29) is 0 Å². The highest BCUT2D eigenvalue weighted by Gasteiger charge is 2.08. The molecule has 4 heteroatoms. The van der Waals surface area contributed by atoms with Gasteiger partial charge < -0.3 is 0 Å². The Bertz CT molecular complexity index is 704. The van der Waals surface area contributed by atoms with E-state index in [1.807, 2.05) is 24.3 Å². The number of benzene rings is 2.